The molecule has 0 heterocycles. The van der Waals surface area contributed by atoms with E-state index in [4.69, 9.17) is 0 Å². The van der Waals surface area contributed by atoms with Gasteiger partial charge in [-0.2, -0.15) is 0 Å². The Kier molecular flexibility index (Phi) is 7.58. The summed E-state index contributed by atoms with van der Waals surface area (Å²) in [5.41, 5.74) is 0. The summed E-state index contributed by atoms with van der Waals surface area (Å²) in [6, 6.07) is 0. The summed E-state index contributed by atoms with van der Waals surface area (Å²) < 4.78 is 11.1. The van der Waals surface area contributed by atoms with Gasteiger partial charge in [0.2, 0.25) is 0 Å². The van der Waals surface area contributed by atoms with E-state index in [1.54, 1.807) is 0 Å². The summed E-state index contributed by atoms with van der Waals surface area (Å²) in [6.45, 7) is 0. The van der Waals surface area contributed by atoms with Crippen molar-refractivity contribution in [3.05, 3.63) is 0 Å². The van der Waals surface area contributed by atoms with Crippen LogP contribution in [0.3, 0.4) is 0 Å². The van der Waals surface area contributed by atoms with Crippen LogP contribution in [-0.4, -0.2) is 37.8 Å². The number of rotatable bonds is 3. The van der Waals surface area contributed by atoms with Crippen LogP contribution < -0.4 is 0 Å². The SMILES string of the molecule is S=C=[N][In]([N]=C=S)[N]=C=S. The monoisotopic (exact) mass is 289 g/mol. The second-order valence-electron chi connectivity index (χ2n) is 1.01. The first kappa shape index (κ1) is 10.3. The molecule has 0 saturated heterocycles. The first-order valence-electron chi connectivity index (χ1n) is 2.06. The van der Waals surface area contributed by atoms with Gasteiger partial charge in [-0.1, -0.05) is 0 Å². The second-order valence-corrected chi connectivity index (χ2v) is 5.74. The molecule has 0 aromatic heterocycles. The first-order chi connectivity index (χ1) is 4.85. The fourth-order valence-corrected chi connectivity index (χ4v) is 3.43. The molecule has 0 aromatic carbocycles. The van der Waals surface area contributed by atoms with Crippen molar-refractivity contribution in [2.75, 3.05) is 0 Å². The van der Waals surface area contributed by atoms with Gasteiger partial charge >= 0.3 is 83.4 Å². The Hall–Kier alpha value is 0.270. The number of nitrogens with zero attached hydrogens (tertiary/aromatic N) is 3. The summed E-state index contributed by atoms with van der Waals surface area (Å²) in [4.78, 5) is 0. The average Bonchev–Trinajstić information content (AvgIpc) is 1.90. The van der Waals surface area contributed by atoms with E-state index in [9.17, 15) is 0 Å². The minimum atomic E-state index is -2.65. The average molecular weight is 289 g/mol. The molecule has 0 radical (unpaired) electrons. The second kappa shape index (κ2) is 7.38. The predicted molar refractivity (Wildman–Crippen MR) is 50.8 cm³/mol. The molecular weight excluding hydrogens is 289 g/mol. The van der Waals surface area contributed by atoms with Crippen molar-refractivity contribution in [1.29, 1.82) is 0 Å². The number of isothiocyanates is 3. The van der Waals surface area contributed by atoms with E-state index in [0.717, 1.165) is 0 Å². The van der Waals surface area contributed by atoms with Crippen molar-refractivity contribution in [1.82, 2.24) is 0 Å². The molecule has 0 fully saturated rings. The molecule has 0 atom stereocenters. The molecule has 0 rings (SSSR count). The molecule has 48 valence electrons. The van der Waals surface area contributed by atoms with E-state index in [-0.39, 0.29) is 0 Å². The minimum absolute atomic E-state index is 2.18. The first-order valence-corrected chi connectivity index (χ1v) is 7.70. The number of hydrogen-bond donors (Lipinski definition) is 0. The van der Waals surface area contributed by atoms with Gasteiger partial charge in [-0.3, -0.25) is 0 Å². The summed E-state index contributed by atoms with van der Waals surface area (Å²) in [5, 5.41) is 6.54. The Bertz CT molecular complexity index is 203. The van der Waals surface area contributed by atoms with Crippen molar-refractivity contribution in [2.24, 2.45) is 8.94 Å². The molecular formula is C3InN3S3. The van der Waals surface area contributed by atoms with Gasteiger partial charge in [0.05, 0.1) is 0 Å². The third kappa shape index (κ3) is 5.09. The zero-order valence-electron chi connectivity index (χ0n) is 4.64. The molecule has 0 amide bonds. The van der Waals surface area contributed by atoms with Crippen LogP contribution in [0.5, 0.6) is 0 Å². The van der Waals surface area contributed by atoms with Crippen LogP contribution in [0.15, 0.2) is 8.94 Å². The summed E-state index contributed by atoms with van der Waals surface area (Å²) in [6.07, 6.45) is 0. The molecule has 0 aliphatic heterocycles. The van der Waals surface area contributed by atoms with E-state index in [1.165, 1.54) is 0 Å². The van der Waals surface area contributed by atoms with E-state index in [1.807, 2.05) is 0 Å². The quantitative estimate of drug-likeness (QED) is 0.580. The number of hydrogen-bond acceptors (Lipinski definition) is 6. The predicted octanol–water partition coefficient (Wildman–Crippen LogP) is 1.28. The Morgan fingerprint density at radius 2 is 1.10 bits per heavy atom. The van der Waals surface area contributed by atoms with Crippen molar-refractivity contribution in [3.8, 4) is 0 Å². The molecule has 0 spiro atoms. The van der Waals surface area contributed by atoms with Crippen molar-refractivity contribution >= 4 is 74.4 Å². The summed E-state index contributed by atoms with van der Waals surface area (Å²) in [7, 11) is 0. The fourth-order valence-electron chi connectivity index (χ4n) is 0.228. The topological polar surface area (TPSA) is 37.1 Å². The van der Waals surface area contributed by atoms with Gasteiger partial charge < -0.3 is 0 Å². The summed E-state index contributed by atoms with van der Waals surface area (Å²) >= 11 is 10.4. The van der Waals surface area contributed by atoms with Gasteiger partial charge in [0, 0.05) is 0 Å². The maximum absolute atomic E-state index is 4.35. The third-order valence-corrected chi connectivity index (χ3v) is 5.51. The van der Waals surface area contributed by atoms with E-state index < -0.39 is 22.3 Å². The molecule has 7 heteroatoms. The summed E-state index contributed by atoms with van der Waals surface area (Å²) in [5.74, 6) is 0. The van der Waals surface area contributed by atoms with E-state index in [0.29, 0.717) is 0 Å². The van der Waals surface area contributed by atoms with E-state index >= 15 is 0 Å². The third-order valence-electron chi connectivity index (χ3n) is 0.505. The van der Waals surface area contributed by atoms with E-state index in [2.05, 4.69) is 61.1 Å². The Morgan fingerprint density at radius 1 is 0.800 bits per heavy atom. The van der Waals surface area contributed by atoms with Gasteiger partial charge in [-0.25, -0.2) is 0 Å². The molecule has 0 unspecified atom stereocenters. The molecule has 0 aliphatic carbocycles. The van der Waals surface area contributed by atoms with Crippen LogP contribution in [0.4, 0.5) is 0 Å². The Labute approximate surface area is 82.7 Å². The zero-order valence-corrected chi connectivity index (χ0v) is 10.4. The van der Waals surface area contributed by atoms with Crippen LogP contribution in [-0.2, 0) is 0 Å². The molecule has 0 aliphatic rings. The Balaban J connectivity index is 4.39. The van der Waals surface area contributed by atoms with Crippen molar-refractivity contribution in [3.63, 3.8) is 0 Å². The molecule has 0 N–H and O–H groups in total. The van der Waals surface area contributed by atoms with Crippen molar-refractivity contribution in [2.45, 2.75) is 0 Å². The fraction of sp³-hybridized carbons (Fsp3) is 0. The van der Waals surface area contributed by atoms with Crippen LogP contribution in [0.1, 0.15) is 0 Å². The molecule has 10 heavy (non-hydrogen) atoms. The molecule has 0 aromatic rings. The normalized spacial score (nSPS) is 6.00. The molecule has 3 nitrogen and oxygen atoms in total. The van der Waals surface area contributed by atoms with Crippen LogP contribution in [0, 0.1) is 0 Å². The van der Waals surface area contributed by atoms with Gasteiger partial charge in [0.25, 0.3) is 0 Å². The van der Waals surface area contributed by atoms with Crippen LogP contribution >= 0.6 is 36.7 Å². The molecule has 0 saturated carbocycles. The Morgan fingerprint density at radius 3 is 1.30 bits per heavy atom. The number of thiocarbonyl (C=S) groups is 3. The molecule has 0 bridgehead atoms. The van der Waals surface area contributed by atoms with Gasteiger partial charge in [-0.15, -0.1) is 0 Å². The van der Waals surface area contributed by atoms with Gasteiger partial charge in [0.15, 0.2) is 0 Å². The van der Waals surface area contributed by atoms with Crippen LogP contribution in [0.2, 0.25) is 0 Å². The maximum atomic E-state index is 4.35. The van der Waals surface area contributed by atoms with Gasteiger partial charge in [0.1, 0.15) is 0 Å². The van der Waals surface area contributed by atoms with Gasteiger partial charge in [-0.05, 0) is 0 Å². The van der Waals surface area contributed by atoms with Crippen LogP contribution in [0.25, 0.3) is 0 Å². The van der Waals surface area contributed by atoms with Crippen molar-refractivity contribution < 1.29 is 0 Å². The standard InChI is InChI=1S/3CNS.In/c3*2-1-3;/q3*-1;+3. The zero-order chi connectivity index (χ0) is 7.82.